The summed E-state index contributed by atoms with van der Waals surface area (Å²) in [7, 11) is -2.27. The Labute approximate surface area is 262 Å². The summed E-state index contributed by atoms with van der Waals surface area (Å²) in [4.78, 5) is 4.60. The van der Waals surface area contributed by atoms with Crippen molar-refractivity contribution in [3.63, 3.8) is 0 Å². The topological polar surface area (TPSA) is 97.2 Å². The Kier molecular flexibility index (Phi) is 9.01. The van der Waals surface area contributed by atoms with Gasteiger partial charge in [-0.05, 0) is 90.0 Å². The monoisotopic (exact) mass is 677 g/mol. The Hall–Kier alpha value is -2.14. The fourth-order valence-electron chi connectivity index (χ4n) is 6.36. The van der Waals surface area contributed by atoms with E-state index in [9.17, 15) is 5.11 Å². The number of amidine groups is 1. The SMILES string of the molecule is CC(C)(C)[Si](C)(C)Oc1cc(Cl)c(N=C(N)c2cnn3cc(Br)cc3c2NC2C3CCCC2CC(CCO)C3)cc1F. The van der Waals surface area contributed by atoms with E-state index in [0.717, 1.165) is 34.9 Å². The number of nitrogens with zero attached hydrogens (tertiary/aromatic N) is 3. The number of rotatable bonds is 8. The van der Waals surface area contributed by atoms with Crippen molar-refractivity contribution in [3.05, 3.63) is 51.5 Å². The van der Waals surface area contributed by atoms with Crippen LogP contribution < -0.4 is 15.5 Å². The first kappa shape index (κ1) is 31.3. The molecule has 2 saturated carbocycles. The highest BCUT2D eigenvalue weighted by molar-refractivity contribution is 9.10. The first-order valence-electron chi connectivity index (χ1n) is 14.8. The Morgan fingerprint density at radius 1 is 1.26 bits per heavy atom. The van der Waals surface area contributed by atoms with E-state index in [1.54, 1.807) is 6.20 Å². The van der Waals surface area contributed by atoms with Crippen LogP contribution in [-0.4, -0.2) is 41.5 Å². The Bertz CT molecular complexity index is 1480. The van der Waals surface area contributed by atoms with Crippen molar-refractivity contribution in [3.8, 4) is 5.75 Å². The lowest BCUT2D eigenvalue weighted by Gasteiger charge is -2.46. The van der Waals surface area contributed by atoms with Crippen molar-refractivity contribution >= 4 is 58.6 Å². The van der Waals surface area contributed by atoms with Crippen LogP contribution in [0.5, 0.6) is 5.75 Å². The van der Waals surface area contributed by atoms with Gasteiger partial charge in [-0.1, -0.05) is 38.8 Å². The van der Waals surface area contributed by atoms with Crippen LogP contribution in [0.3, 0.4) is 0 Å². The summed E-state index contributed by atoms with van der Waals surface area (Å²) >= 11 is 10.2. The van der Waals surface area contributed by atoms with E-state index >= 15 is 4.39 Å². The summed E-state index contributed by atoms with van der Waals surface area (Å²) < 4.78 is 24.2. The largest absolute Gasteiger partial charge is 0.542 e. The highest BCUT2D eigenvalue weighted by Crippen LogP contribution is 2.46. The van der Waals surface area contributed by atoms with Gasteiger partial charge in [0.1, 0.15) is 11.6 Å². The van der Waals surface area contributed by atoms with Crippen LogP contribution in [0.1, 0.15) is 64.9 Å². The summed E-state index contributed by atoms with van der Waals surface area (Å²) in [6, 6.07) is 5.09. The van der Waals surface area contributed by atoms with Crippen LogP contribution in [0.25, 0.3) is 5.52 Å². The van der Waals surface area contributed by atoms with Crippen molar-refractivity contribution < 1.29 is 13.9 Å². The van der Waals surface area contributed by atoms with Crippen molar-refractivity contribution in [2.45, 2.75) is 83.5 Å². The molecule has 2 aromatic heterocycles. The van der Waals surface area contributed by atoms with Gasteiger partial charge in [-0.15, -0.1) is 0 Å². The van der Waals surface area contributed by atoms with Gasteiger partial charge in [0.15, 0.2) is 5.82 Å². The summed E-state index contributed by atoms with van der Waals surface area (Å²) in [5.41, 5.74) is 9.25. The van der Waals surface area contributed by atoms with Gasteiger partial charge in [-0.3, -0.25) is 0 Å². The van der Waals surface area contributed by atoms with E-state index < -0.39 is 14.1 Å². The molecule has 4 N–H and O–H groups in total. The average molecular weight is 679 g/mol. The fourth-order valence-corrected chi connectivity index (χ4v) is 7.98. The van der Waals surface area contributed by atoms with E-state index in [1.807, 2.05) is 16.8 Å². The lowest BCUT2D eigenvalue weighted by Crippen LogP contribution is -2.45. The molecule has 228 valence electrons. The molecule has 2 bridgehead atoms. The molecule has 2 heterocycles. The molecule has 0 spiro atoms. The number of hydrogen-bond acceptors (Lipinski definition) is 5. The van der Waals surface area contributed by atoms with Crippen molar-refractivity contribution in [1.29, 1.82) is 0 Å². The number of fused-ring (bicyclic) bond motifs is 3. The third-order valence-electron chi connectivity index (χ3n) is 9.58. The lowest BCUT2D eigenvalue weighted by atomic mass is 9.64. The smallest absolute Gasteiger partial charge is 0.250 e. The number of aromatic nitrogens is 2. The van der Waals surface area contributed by atoms with Crippen LogP contribution in [0.2, 0.25) is 23.2 Å². The van der Waals surface area contributed by atoms with E-state index in [4.69, 9.17) is 21.8 Å². The van der Waals surface area contributed by atoms with Gasteiger partial charge >= 0.3 is 0 Å². The second-order valence-corrected chi connectivity index (χ2v) is 19.5. The average Bonchev–Trinajstić information content (AvgIpc) is 3.27. The van der Waals surface area contributed by atoms with E-state index in [0.29, 0.717) is 23.3 Å². The van der Waals surface area contributed by atoms with E-state index in [1.165, 1.54) is 31.4 Å². The second-order valence-electron chi connectivity index (χ2n) is 13.5. The van der Waals surface area contributed by atoms with E-state index in [2.05, 4.69) is 65.2 Å². The number of aliphatic hydroxyl groups is 1. The molecular weight excluding hydrogens is 637 g/mol. The molecule has 2 atom stereocenters. The predicted molar refractivity (Wildman–Crippen MR) is 175 cm³/mol. The minimum absolute atomic E-state index is 0.0907. The number of nitrogens with two attached hydrogens (primary N) is 1. The van der Waals surface area contributed by atoms with Crippen LogP contribution in [0, 0.1) is 23.6 Å². The number of aliphatic imine (C=N–C) groups is 1. The molecular formula is C31H42BrClFN5O2Si. The van der Waals surface area contributed by atoms with Crippen LogP contribution in [0.15, 0.2) is 40.1 Å². The number of halogens is 3. The maximum absolute atomic E-state index is 15.3. The molecule has 2 aliphatic rings. The van der Waals surface area contributed by atoms with Crippen LogP contribution in [0.4, 0.5) is 15.8 Å². The van der Waals surface area contributed by atoms with Gasteiger partial charge in [0.05, 0.1) is 33.7 Å². The first-order valence-corrected chi connectivity index (χ1v) is 18.9. The maximum atomic E-state index is 15.3. The number of aliphatic hydroxyl groups excluding tert-OH is 1. The summed E-state index contributed by atoms with van der Waals surface area (Å²) in [6.45, 7) is 10.7. The Morgan fingerprint density at radius 2 is 1.95 bits per heavy atom. The maximum Gasteiger partial charge on any atom is 0.250 e. The number of benzene rings is 1. The fraction of sp³-hybridized carbons (Fsp3) is 0.548. The Morgan fingerprint density at radius 3 is 2.60 bits per heavy atom. The van der Waals surface area contributed by atoms with E-state index in [-0.39, 0.29) is 40.0 Å². The molecule has 11 heteroatoms. The lowest BCUT2D eigenvalue weighted by molar-refractivity contribution is 0.101. The second kappa shape index (κ2) is 12.1. The molecule has 2 fully saturated rings. The van der Waals surface area contributed by atoms with Gasteiger partial charge in [-0.2, -0.15) is 5.10 Å². The van der Waals surface area contributed by atoms with Gasteiger partial charge in [-0.25, -0.2) is 13.9 Å². The van der Waals surface area contributed by atoms with Gasteiger partial charge < -0.3 is 20.6 Å². The van der Waals surface area contributed by atoms with Crippen LogP contribution in [-0.2, 0) is 0 Å². The number of hydrogen-bond donors (Lipinski definition) is 3. The molecule has 0 radical (unpaired) electrons. The zero-order valence-corrected chi connectivity index (χ0v) is 28.4. The van der Waals surface area contributed by atoms with Crippen molar-refractivity contribution in [1.82, 2.24) is 9.61 Å². The number of nitrogens with one attached hydrogen (secondary N) is 1. The standard InChI is InChI=1S/C31H42BrClFN5O2Si/c1-31(2,3)42(4,5)41-27-14-23(33)25(15-24(27)34)37-30(35)22-16-36-39-17-21(32)13-26(39)29(22)38-28-19-7-6-8-20(28)12-18(11-19)9-10-40/h13-20,28,38,40H,6-12H2,1-5H3,(H2,35,37). The zero-order valence-electron chi connectivity index (χ0n) is 25.1. The predicted octanol–water partition coefficient (Wildman–Crippen LogP) is 8.30. The summed E-state index contributed by atoms with van der Waals surface area (Å²) in [5.74, 6) is 1.41. The summed E-state index contributed by atoms with van der Waals surface area (Å²) in [6.07, 6.45) is 10.3. The van der Waals surface area contributed by atoms with Crippen molar-refractivity contribution in [2.75, 3.05) is 11.9 Å². The molecule has 0 amide bonds. The molecule has 2 aliphatic carbocycles. The van der Waals surface area contributed by atoms with Gasteiger partial charge in [0.2, 0.25) is 0 Å². The molecule has 0 aliphatic heterocycles. The third kappa shape index (κ3) is 6.37. The normalized spacial score (nSPS) is 23.3. The molecule has 0 saturated heterocycles. The molecule has 2 unspecified atom stereocenters. The van der Waals surface area contributed by atoms with Crippen LogP contribution >= 0.6 is 27.5 Å². The zero-order chi connectivity index (χ0) is 30.4. The quantitative estimate of drug-likeness (QED) is 0.127. The third-order valence-corrected chi connectivity index (χ3v) is 14.7. The highest BCUT2D eigenvalue weighted by Gasteiger charge is 2.41. The minimum Gasteiger partial charge on any atom is -0.542 e. The molecule has 5 rings (SSSR count). The molecule has 42 heavy (non-hydrogen) atoms. The highest BCUT2D eigenvalue weighted by atomic mass is 79.9. The number of anilines is 1. The minimum atomic E-state index is -2.27. The molecule has 3 aromatic rings. The molecule has 1 aromatic carbocycles. The van der Waals surface area contributed by atoms with Gasteiger partial charge in [0.25, 0.3) is 8.32 Å². The first-order chi connectivity index (χ1) is 19.8. The van der Waals surface area contributed by atoms with Crippen molar-refractivity contribution in [2.24, 2.45) is 28.5 Å². The Balaban J connectivity index is 1.49. The molecule has 7 nitrogen and oxygen atoms in total. The summed E-state index contributed by atoms with van der Waals surface area (Å²) in [5, 5.41) is 18.2. The van der Waals surface area contributed by atoms with Gasteiger partial charge in [0, 0.05) is 35.5 Å².